The van der Waals surface area contributed by atoms with Crippen molar-refractivity contribution in [1.82, 2.24) is 44.9 Å². The summed E-state index contributed by atoms with van der Waals surface area (Å²) in [5, 5.41) is 6.79. The van der Waals surface area contributed by atoms with Gasteiger partial charge < -0.3 is 0 Å². The predicted octanol–water partition coefficient (Wildman–Crippen LogP) is 9.70. The van der Waals surface area contributed by atoms with Gasteiger partial charge in [0.1, 0.15) is 19.0 Å². The zero-order chi connectivity index (χ0) is 35.8. The first-order valence-corrected chi connectivity index (χ1v) is 17.4. The molecule has 0 unspecified atom stereocenters. The molecule has 0 N–H and O–H groups in total. The third kappa shape index (κ3) is 5.66. The van der Waals surface area contributed by atoms with Crippen LogP contribution < -0.4 is 0 Å². The van der Waals surface area contributed by atoms with Crippen LogP contribution in [0.2, 0.25) is 0 Å². The molecule has 0 saturated heterocycles. The lowest BCUT2D eigenvalue weighted by Crippen LogP contribution is -1.92. The van der Waals surface area contributed by atoms with Crippen LogP contribution in [-0.2, 0) is 0 Å². The molecule has 54 heavy (non-hydrogen) atoms. The van der Waals surface area contributed by atoms with Gasteiger partial charge in [0, 0.05) is 70.6 Å². The molecule has 0 saturated carbocycles. The Balaban J connectivity index is 1.17. The van der Waals surface area contributed by atoms with Gasteiger partial charge in [-0.2, -0.15) is 0 Å². The van der Waals surface area contributed by atoms with Gasteiger partial charge in [0.25, 0.3) is 0 Å². The number of aromatic nitrogens is 9. The monoisotopic (exact) mass is 693 g/mol. The molecule has 252 valence electrons. The maximum absolute atomic E-state index is 5.02. The SMILES string of the molecule is c1cc(-c2cncnc2)nc(-c2ccc3c(c2)c2ccc(-c4cccc(-c5cncnc5)n4)cc2c2ccc(-c4cccc(-c5cncnc5)n4)cc32)c1. The fourth-order valence-corrected chi connectivity index (χ4v) is 7.05. The van der Waals surface area contributed by atoms with Crippen LogP contribution >= 0.6 is 0 Å². The number of benzene rings is 4. The summed E-state index contributed by atoms with van der Waals surface area (Å²) in [6.45, 7) is 0. The minimum atomic E-state index is 0.819. The van der Waals surface area contributed by atoms with Crippen LogP contribution in [0.4, 0.5) is 0 Å². The minimum Gasteiger partial charge on any atom is -0.248 e. The topological polar surface area (TPSA) is 116 Å². The number of hydrogen-bond acceptors (Lipinski definition) is 9. The molecule has 9 heteroatoms. The molecule has 6 heterocycles. The molecular weight excluding hydrogens is 667 g/mol. The first-order valence-electron chi connectivity index (χ1n) is 17.4. The minimum absolute atomic E-state index is 0.819. The summed E-state index contributed by atoms with van der Waals surface area (Å²) < 4.78 is 0. The lowest BCUT2D eigenvalue weighted by atomic mass is 9.90. The molecule has 0 radical (unpaired) electrons. The lowest BCUT2D eigenvalue weighted by Gasteiger charge is -2.15. The van der Waals surface area contributed by atoms with Crippen molar-refractivity contribution >= 4 is 32.3 Å². The molecule has 0 bridgehead atoms. The van der Waals surface area contributed by atoms with Crippen molar-refractivity contribution in [2.45, 2.75) is 0 Å². The van der Waals surface area contributed by atoms with Crippen LogP contribution in [0.25, 0.3) is 99.9 Å². The summed E-state index contributed by atoms with van der Waals surface area (Å²) in [5.41, 5.74) is 10.7. The first kappa shape index (κ1) is 31.1. The van der Waals surface area contributed by atoms with Crippen LogP contribution in [0.5, 0.6) is 0 Å². The van der Waals surface area contributed by atoms with E-state index in [1.165, 1.54) is 19.0 Å². The van der Waals surface area contributed by atoms with Crippen molar-refractivity contribution in [2.75, 3.05) is 0 Å². The summed E-state index contributed by atoms with van der Waals surface area (Å²) in [6.07, 6.45) is 15.3. The van der Waals surface area contributed by atoms with Crippen molar-refractivity contribution in [3.8, 4) is 67.5 Å². The first-order chi connectivity index (χ1) is 26.7. The molecule has 0 aliphatic heterocycles. The molecule has 6 aromatic heterocycles. The molecule has 4 aromatic carbocycles. The number of hydrogen-bond donors (Lipinski definition) is 0. The van der Waals surface area contributed by atoms with E-state index in [0.717, 1.165) is 99.9 Å². The third-order valence-electron chi connectivity index (χ3n) is 9.63. The molecule has 0 aliphatic rings. The summed E-state index contributed by atoms with van der Waals surface area (Å²) in [5.74, 6) is 0. The van der Waals surface area contributed by atoms with Crippen LogP contribution in [-0.4, -0.2) is 44.9 Å². The molecule has 9 nitrogen and oxygen atoms in total. The van der Waals surface area contributed by atoms with Crippen molar-refractivity contribution in [3.05, 3.63) is 165 Å². The van der Waals surface area contributed by atoms with E-state index in [1.807, 2.05) is 54.6 Å². The van der Waals surface area contributed by atoms with E-state index in [-0.39, 0.29) is 0 Å². The van der Waals surface area contributed by atoms with E-state index in [9.17, 15) is 0 Å². The van der Waals surface area contributed by atoms with Gasteiger partial charge in [0.05, 0.1) is 34.2 Å². The molecular formula is C45H27N9. The average Bonchev–Trinajstić information content (AvgIpc) is 3.27. The highest BCUT2D eigenvalue weighted by atomic mass is 14.8. The van der Waals surface area contributed by atoms with Gasteiger partial charge >= 0.3 is 0 Å². The smallest absolute Gasteiger partial charge is 0.115 e. The van der Waals surface area contributed by atoms with E-state index in [2.05, 4.69) is 84.5 Å². The van der Waals surface area contributed by atoms with Crippen molar-refractivity contribution in [2.24, 2.45) is 0 Å². The second kappa shape index (κ2) is 13.2. The Hall–Kier alpha value is -7.65. The zero-order valence-corrected chi connectivity index (χ0v) is 28.6. The lowest BCUT2D eigenvalue weighted by molar-refractivity contribution is 1.16. The molecule has 10 rings (SSSR count). The Morgan fingerprint density at radius 3 is 0.778 bits per heavy atom. The highest BCUT2D eigenvalue weighted by Crippen LogP contribution is 2.40. The molecule has 0 amide bonds. The van der Waals surface area contributed by atoms with E-state index in [1.54, 1.807) is 37.2 Å². The Morgan fingerprint density at radius 2 is 0.500 bits per heavy atom. The second-order valence-corrected chi connectivity index (χ2v) is 12.9. The standard InChI is InChI=1S/C45H27N9/c1-4-40(52-43(7-1)31-19-46-25-47-20-31)28-10-13-34-37(16-28)35-14-11-29(41-5-2-8-44(53-41)32-21-48-26-49-22-32)18-39(35)36-15-12-30(17-38(34)36)42-6-3-9-45(54-42)33-23-50-27-51-24-33/h1-27H. The van der Waals surface area contributed by atoms with Crippen LogP contribution in [0.1, 0.15) is 0 Å². The van der Waals surface area contributed by atoms with Gasteiger partial charge in [0.2, 0.25) is 0 Å². The molecule has 0 fully saturated rings. The highest BCUT2D eigenvalue weighted by molar-refractivity contribution is 6.26. The Labute approximate surface area is 309 Å². The molecule has 10 aromatic rings. The van der Waals surface area contributed by atoms with Gasteiger partial charge in [-0.1, -0.05) is 54.6 Å². The third-order valence-corrected chi connectivity index (χ3v) is 9.63. The van der Waals surface area contributed by atoms with Crippen LogP contribution in [0.3, 0.4) is 0 Å². The fourth-order valence-electron chi connectivity index (χ4n) is 7.05. The van der Waals surface area contributed by atoms with Gasteiger partial charge in [-0.3, -0.25) is 0 Å². The average molecular weight is 694 g/mol. The van der Waals surface area contributed by atoms with E-state index in [4.69, 9.17) is 15.0 Å². The maximum atomic E-state index is 5.02. The normalized spacial score (nSPS) is 11.3. The summed E-state index contributed by atoms with van der Waals surface area (Å²) in [6, 6.07) is 38.0. The van der Waals surface area contributed by atoms with E-state index in [0.29, 0.717) is 0 Å². The summed E-state index contributed by atoms with van der Waals surface area (Å²) in [7, 11) is 0. The van der Waals surface area contributed by atoms with Crippen LogP contribution in [0, 0.1) is 0 Å². The Bertz CT molecular complexity index is 2640. The largest absolute Gasteiger partial charge is 0.248 e. The van der Waals surface area contributed by atoms with E-state index >= 15 is 0 Å². The van der Waals surface area contributed by atoms with Crippen molar-refractivity contribution in [1.29, 1.82) is 0 Å². The van der Waals surface area contributed by atoms with Gasteiger partial charge in [-0.05, 0) is 86.9 Å². The fraction of sp³-hybridized carbons (Fsp3) is 0. The van der Waals surface area contributed by atoms with Crippen LogP contribution in [0.15, 0.2) is 165 Å². The van der Waals surface area contributed by atoms with E-state index < -0.39 is 0 Å². The number of rotatable bonds is 6. The number of pyridine rings is 3. The summed E-state index contributed by atoms with van der Waals surface area (Å²) in [4.78, 5) is 40.2. The molecule has 0 aliphatic carbocycles. The number of fused-ring (bicyclic) bond motifs is 6. The van der Waals surface area contributed by atoms with Crippen molar-refractivity contribution < 1.29 is 0 Å². The molecule has 0 atom stereocenters. The Kier molecular flexibility index (Phi) is 7.58. The maximum Gasteiger partial charge on any atom is 0.115 e. The molecule has 0 spiro atoms. The van der Waals surface area contributed by atoms with Crippen molar-refractivity contribution in [3.63, 3.8) is 0 Å². The second-order valence-electron chi connectivity index (χ2n) is 12.9. The summed E-state index contributed by atoms with van der Waals surface area (Å²) >= 11 is 0. The predicted molar refractivity (Wildman–Crippen MR) is 212 cm³/mol. The van der Waals surface area contributed by atoms with Gasteiger partial charge in [0.15, 0.2) is 0 Å². The van der Waals surface area contributed by atoms with Gasteiger partial charge in [-0.25, -0.2) is 44.9 Å². The number of nitrogens with zero attached hydrogens (tertiary/aromatic N) is 9. The highest BCUT2D eigenvalue weighted by Gasteiger charge is 2.15. The quantitative estimate of drug-likeness (QED) is 0.157. The zero-order valence-electron chi connectivity index (χ0n) is 28.6. The Morgan fingerprint density at radius 1 is 0.241 bits per heavy atom. The van der Waals surface area contributed by atoms with Gasteiger partial charge in [-0.15, -0.1) is 0 Å².